The van der Waals surface area contributed by atoms with Crippen LogP contribution in [-0.2, 0) is 4.79 Å². The molecule has 4 heteroatoms. The summed E-state index contributed by atoms with van der Waals surface area (Å²) >= 11 is 0. The molecule has 0 aliphatic rings. The van der Waals surface area contributed by atoms with Gasteiger partial charge >= 0.3 is 0 Å². The van der Waals surface area contributed by atoms with E-state index >= 15 is 0 Å². The molecular formula is C44H83NO3. The first-order valence-electron chi connectivity index (χ1n) is 21.2. The summed E-state index contributed by atoms with van der Waals surface area (Å²) in [5.41, 5.74) is 0. The van der Waals surface area contributed by atoms with E-state index in [4.69, 9.17) is 0 Å². The number of unbranched alkanes of at least 4 members (excludes halogenated alkanes) is 27. The highest BCUT2D eigenvalue weighted by molar-refractivity contribution is 5.76. The minimum Gasteiger partial charge on any atom is -0.394 e. The van der Waals surface area contributed by atoms with Crippen LogP contribution in [0.3, 0.4) is 0 Å². The number of aliphatic hydroxyl groups excluding tert-OH is 2. The normalized spacial score (nSPS) is 13.3. The van der Waals surface area contributed by atoms with E-state index < -0.39 is 12.1 Å². The van der Waals surface area contributed by atoms with E-state index in [2.05, 4.69) is 43.5 Å². The molecule has 0 spiro atoms. The smallest absolute Gasteiger partial charge is 0.220 e. The Bertz CT molecular complexity index is 731. The van der Waals surface area contributed by atoms with Crippen LogP contribution in [-0.4, -0.2) is 34.9 Å². The van der Waals surface area contributed by atoms with Crippen molar-refractivity contribution in [2.45, 2.75) is 231 Å². The van der Waals surface area contributed by atoms with Crippen molar-refractivity contribution in [2.24, 2.45) is 0 Å². The molecule has 0 rings (SSSR count). The number of hydrogen-bond acceptors (Lipinski definition) is 3. The molecule has 0 saturated heterocycles. The van der Waals surface area contributed by atoms with Gasteiger partial charge in [0, 0.05) is 6.42 Å². The van der Waals surface area contributed by atoms with Crippen LogP contribution in [0.1, 0.15) is 219 Å². The van der Waals surface area contributed by atoms with Crippen molar-refractivity contribution >= 4 is 5.91 Å². The number of carbonyl (C=O) groups excluding carboxylic acids is 1. The molecule has 1 amide bonds. The van der Waals surface area contributed by atoms with Crippen LogP contribution in [0, 0.1) is 0 Å². The van der Waals surface area contributed by atoms with Gasteiger partial charge in [-0.2, -0.15) is 0 Å². The van der Waals surface area contributed by atoms with E-state index in [-0.39, 0.29) is 12.5 Å². The number of nitrogens with one attached hydrogen (secondary N) is 1. The molecule has 0 radical (unpaired) electrons. The summed E-state index contributed by atoms with van der Waals surface area (Å²) in [6.07, 6.45) is 52.7. The van der Waals surface area contributed by atoms with Gasteiger partial charge in [-0.1, -0.05) is 204 Å². The molecule has 0 aliphatic carbocycles. The molecule has 0 aromatic rings. The topological polar surface area (TPSA) is 69.6 Å². The second-order valence-electron chi connectivity index (χ2n) is 14.4. The number of carbonyl (C=O) groups is 1. The van der Waals surface area contributed by atoms with Gasteiger partial charge in [-0.15, -0.1) is 0 Å². The van der Waals surface area contributed by atoms with Gasteiger partial charge in [-0.05, 0) is 44.9 Å². The summed E-state index contributed by atoms with van der Waals surface area (Å²) in [5.74, 6) is -0.0818. The Morgan fingerprint density at radius 2 is 0.812 bits per heavy atom. The highest BCUT2D eigenvalue weighted by Crippen LogP contribution is 2.15. The Hall–Kier alpha value is -1.39. The van der Waals surface area contributed by atoms with E-state index in [0.29, 0.717) is 6.42 Å². The second-order valence-corrected chi connectivity index (χ2v) is 14.4. The predicted molar refractivity (Wildman–Crippen MR) is 212 cm³/mol. The molecule has 0 bridgehead atoms. The zero-order valence-electron chi connectivity index (χ0n) is 32.3. The van der Waals surface area contributed by atoms with Gasteiger partial charge in [0.1, 0.15) is 0 Å². The zero-order chi connectivity index (χ0) is 35.0. The molecule has 0 aromatic heterocycles. The first-order chi connectivity index (χ1) is 23.7. The summed E-state index contributed by atoms with van der Waals surface area (Å²) < 4.78 is 0. The number of aliphatic hydroxyl groups is 2. The molecular weight excluding hydrogens is 590 g/mol. The number of amides is 1. The Morgan fingerprint density at radius 1 is 0.479 bits per heavy atom. The number of hydrogen-bond donors (Lipinski definition) is 3. The Morgan fingerprint density at radius 3 is 1.21 bits per heavy atom. The van der Waals surface area contributed by atoms with Crippen molar-refractivity contribution in [1.82, 2.24) is 5.32 Å². The summed E-state index contributed by atoms with van der Waals surface area (Å²) in [5, 5.41) is 22.8. The van der Waals surface area contributed by atoms with Gasteiger partial charge in [-0.25, -0.2) is 0 Å². The SMILES string of the molecule is CCCCCCCCCCCCCCCCCCC/C=C/CC/C=C/CC/C=C/C(O)C(CO)NC(=O)CCCCCCCCCCC. The zero-order valence-corrected chi connectivity index (χ0v) is 32.3. The third-order valence-corrected chi connectivity index (χ3v) is 9.60. The molecule has 2 atom stereocenters. The predicted octanol–water partition coefficient (Wildman–Crippen LogP) is 13.0. The molecule has 0 fully saturated rings. The van der Waals surface area contributed by atoms with Crippen molar-refractivity contribution in [3.8, 4) is 0 Å². The van der Waals surface area contributed by atoms with Crippen LogP contribution in [0.15, 0.2) is 36.5 Å². The van der Waals surface area contributed by atoms with E-state index in [1.807, 2.05) is 6.08 Å². The summed E-state index contributed by atoms with van der Waals surface area (Å²) in [6, 6.07) is -0.640. The van der Waals surface area contributed by atoms with Gasteiger partial charge in [0.2, 0.25) is 5.91 Å². The average molecular weight is 674 g/mol. The van der Waals surface area contributed by atoms with E-state index in [1.54, 1.807) is 6.08 Å². The highest BCUT2D eigenvalue weighted by atomic mass is 16.3. The molecule has 48 heavy (non-hydrogen) atoms. The fourth-order valence-corrected chi connectivity index (χ4v) is 6.33. The molecule has 2 unspecified atom stereocenters. The summed E-state index contributed by atoms with van der Waals surface area (Å²) in [7, 11) is 0. The van der Waals surface area contributed by atoms with E-state index in [1.165, 1.54) is 161 Å². The molecule has 282 valence electrons. The lowest BCUT2D eigenvalue weighted by Gasteiger charge is -2.19. The van der Waals surface area contributed by atoms with Gasteiger partial charge in [0.25, 0.3) is 0 Å². The molecule has 3 N–H and O–H groups in total. The largest absolute Gasteiger partial charge is 0.394 e. The maximum Gasteiger partial charge on any atom is 0.220 e. The maximum atomic E-state index is 12.3. The van der Waals surface area contributed by atoms with Crippen LogP contribution in [0.4, 0.5) is 0 Å². The van der Waals surface area contributed by atoms with Crippen molar-refractivity contribution in [3.63, 3.8) is 0 Å². The minimum atomic E-state index is -0.865. The summed E-state index contributed by atoms with van der Waals surface area (Å²) in [4.78, 5) is 12.3. The molecule has 4 nitrogen and oxygen atoms in total. The van der Waals surface area contributed by atoms with Crippen LogP contribution in [0.25, 0.3) is 0 Å². The minimum absolute atomic E-state index is 0.0818. The van der Waals surface area contributed by atoms with Crippen LogP contribution in [0.5, 0.6) is 0 Å². The Labute approximate surface area is 300 Å². The van der Waals surface area contributed by atoms with Gasteiger partial charge in [0.15, 0.2) is 0 Å². The molecule has 0 saturated carbocycles. The number of rotatable bonds is 38. The maximum absolute atomic E-state index is 12.3. The summed E-state index contributed by atoms with van der Waals surface area (Å²) in [6.45, 7) is 4.27. The fourth-order valence-electron chi connectivity index (χ4n) is 6.33. The third-order valence-electron chi connectivity index (χ3n) is 9.60. The third kappa shape index (κ3) is 35.9. The lowest BCUT2D eigenvalue weighted by Crippen LogP contribution is -2.45. The van der Waals surface area contributed by atoms with Crippen LogP contribution >= 0.6 is 0 Å². The lowest BCUT2D eigenvalue weighted by atomic mass is 10.0. The van der Waals surface area contributed by atoms with Crippen molar-refractivity contribution in [3.05, 3.63) is 36.5 Å². The van der Waals surface area contributed by atoms with Crippen LogP contribution in [0.2, 0.25) is 0 Å². The average Bonchev–Trinajstić information content (AvgIpc) is 3.09. The van der Waals surface area contributed by atoms with E-state index in [9.17, 15) is 15.0 Å². The quantitative estimate of drug-likeness (QED) is 0.0451. The first-order valence-corrected chi connectivity index (χ1v) is 21.2. The monoisotopic (exact) mass is 674 g/mol. The van der Waals surface area contributed by atoms with Crippen molar-refractivity contribution in [1.29, 1.82) is 0 Å². The van der Waals surface area contributed by atoms with Crippen molar-refractivity contribution < 1.29 is 15.0 Å². The molecule has 0 aromatic carbocycles. The van der Waals surface area contributed by atoms with Gasteiger partial charge in [-0.3, -0.25) is 4.79 Å². The number of allylic oxidation sites excluding steroid dienone is 5. The van der Waals surface area contributed by atoms with Gasteiger partial charge in [0.05, 0.1) is 18.8 Å². The Kier molecular flexibility index (Phi) is 38.9. The van der Waals surface area contributed by atoms with E-state index in [0.717, 1.165) is 38.5 Å². The second kappa shape index (κ2) is 40.0. The fraction of sp³-hybridized carbons (Fsp3) is 0.841. The first kappa shape index (κ1) is 46.6. The van der Waals surface area contributed by atoms with Crippen LogP contribution < -0.4 is 5.32 Å². The van der Waals surface area contributed by atoms with Gasteiger partial charge < -0.3 is 15.5 Å². The molecule has 0 heterocycles. The van der Waals surface area contributed by atoms with Crippen molar-refractivity contribution in [2.75, 3.05) is 6.61 Å². The standard InChI is InChI=1S/C44H83NO3/c1-3-5-7-9-11-13-14-15-16-17-18-19-20-21-22-23-24-25-26-27-28-29-30-32-33-35-37-39-43(47)42(41-46)45-44(48)40-38-36-34-31-12-10-8-6-4-2/h26-27,30,32,37,39,42-43,46-47H,3-25,28-29,31,33-36,38,40-41H2,1-2H3,(H,45,48)/b27-26+,32-30+,39-37+. The Balaban J connectivity index is 3.57. The lowest BCUT2D eigenvalue weighted by molar-refractivity contribution is -0.123. The highest BCUT2D eigenvalue weighted by Gasteiger charge is 2.17. The molecule has 0 aliphatic heterocycles.